The Morgan fingerprint density at radius 2 is 1.96 bits per heavy atom. The minimum atomic E-state index is -0.0536. The van der Waals surface area contributed by atoms with Gasteiger partial charge in [-0.1, -0.05) is 42.5 Å². The molecular weight excluding hydrogens is 364 g/mol. The minimum absolute atomic E-state index is 0.0230. The third-order valence-corrected chi connectivity index (χ3v) is 7.18. The van der Waals surface area contributed by atoms with Crippen molar-refractivity contribution in [3.05, 3.63) is 65.7 Å². The van der Waals surface area contributed by atoms with E-state index in [4.69, 9.17) is 4.74 Å². The van der Waals surface area contributed by atoms with Gasteiger partial charge in [0.25, 0.3) is 0 Å². The predicted molar refractivity (Wildman–Crippen MR) is 111 cm³/mol. The van der Waals surface area contributed by atoms with Crippen LogP contribution >= 0.6 is 23.5 Å². The molecule has 1 aliphatic heterocycles. The first-order valence-corrected chi connectivity index (χ1v) is 10.5. The largest absolute Gasteiger partial charge is 0.489 e. The van der Waals surface area contributed by atoms with Crippen molar-refractivity contribution in [2.75, 3.05) is 11.5 Å². The van der Waals surface area contributed by atoms with Gasteiger partial charge in [-0.05, 0) is 30.2 Å². The average molecular weight is 387 g/mol. The van der Waals surface area contributed by atoms with Crippen molar-refractivity contribution >= 4 is 35.6 Å². The van der Waals surface area contributed by atoms with Gasteiger partial charge in [-0.15, -0.1) is 23.5 Å². The van der Waals surface area contributed by atoms with E-state index in [1.54, 1.807) is 6.21 Å². The Hall–Kier alpha value is -1.92. The number of nitrogens with one attached hydrogen (secondary N) is 1. The van der Waals surface area contributed by atoms with Crippen LogP contribution in [0.4, 0.5) is 0 Å². The fourth-order valence-electron chi connectivity index (χ4n) is 2.59. The summed E-state index contributed by atoms with van der Waals surface area (Å²) in [5.41, 5.74) is 4.63. The van der Waals surface area contributed by atoms with E-state index in [0.717, 1.165) is 28.4 Å². The molecule has 1 saturated heterocycles. The molecule has 1 fully saturated rings. The number of benzene rings is 2. The molecule has 1 aliphatic rings. The standard InChI is InChI=1S/C20H22N2O2S2/c1-20(25-10-11-26-20)13-19(23)22-21-14-17-8-5-9-18(12-17)24-15-16-6-3-2-4-7-16/h2-9,12,14H,10-11,13,15H2,1H3,(H,22,23)/b21-14-. The summed E-state index contributed by atoms with van der Waals surface area (Å²) in [6, 6.07) is 17.7. The molecule has 1 amide bonds. The van der Waals surface area contributed by atoms with Crippen molar-refractivity contribution < 1.29 is 9.53 Å². The van der Waals surface area contributed by atoms with Crippen LogP contribution in [0.15, 0.2) is 59.7 Å². The van der Waals surface area contributed by atoms with E-state index in [0.29, 0.717) is 13.0 Å². The first-order valence-electron chi connectivity index (χ1n) is 8.50. The molecule has 1 heterocycles. The molecule has 1 N–H and O–H groups in total. The number of carbonyl (C=O) groups excluding carboxylic acids is 1. The molecule has 0 atom stereocenters. The van der Waals surface area contributed by atoms with E-state index >= 15 is 0 Å². The Morgan fingerprint density at radius 1 is 1.19 bits per heavy atom. The summed E-state index contributed by atoms with van der Waals surface area (Å²) in [5.74, 6) is 2.93. The van der Waals surface area contributed by atoms with Gasteiger partial charge in [-0.2, -0.15) is 5.10 Å². The maximum atomic E-state index is 12.0. The summed E-state index contributed by atoms with van der Waals surface area (Å²) < 4.78 is 5.78. The summed E-state index contributed by atoms with van der Waals surface area (Å²) in [6.07, 6.45) is 2.12. The second kappa shape index (κ2) is 9.14. The Balaban J connectivity index is 1.49. The fraction of sp³-hybridized carbons (Fsp3) is 0.300. The normalized spacial score (nSPS) is 15.9. The van der Waals surface area contributed by atoms with E-state index in [-0.39, 0.29) is 9.99 Å². The van der Waals surface area contributed by atoms with Crippen molar-refractivity contribution in [2.24, 2.45) is 5.10 Å². The quantitative estimate of drug-likeness (QED) is 0.569. The Bertz CT molecular complexity index is 759. The van der Waals surface area contributed by atoms with E-state index in [1.165, 1.54) is 0 Å². The number of hydrogen-bond donors (Lipinski definition) is 1. The van der Waals surface area contributed by atoms with Crippen molar-refractivity contribution in [1.29, 1.82) is 0 Å². The zero-order chi connectivity index (χ0) is 18.2. The highest BCUT2D eigenvalue weighted by atomic mass is 32.2. The van der Waals surface area contributed by atoms with Gasteiger partial charge in [0.05, 0.1) is 16.7 Å². The highest BCUT2D eigenvalue weighted by Crippen LogP contribution is 2.45. The molecule has 0 radical (unpaired) electrons. The van der Waals surface area contributed by atoms with Crippen LogP contribution in [0, 0.1) is 0 Å². The van der Waals surface area contributed by atoms with Gasteiger partial charge in [0.15, 0.2) is 0 Å². The Labute approximate surface area is 162 Å². The second-order valence-electron chi connectivity index (χ2n) is 6.15. The lowest BCUT2D eigenvalue weighted by molar-refractivity contribution is -0.121. The molecule has 0 bridgehead atoms. The van der Waals surface area contributed by atoms with Gasteiger partial charge in [-0.25, -0.2) is 5.43 Å². The van der Waals surface area contributed by atoms with Gasteiger partial charge >= 0.3 is 0 Å². The molecule has 4 nitrogen and oxygen atoms in total. The summed E-state index contributed by atoms with van der Waals surface area (Å²) in [5, 5.41) is 4.08. The molecule has 3 rings (SSSR count). The number of rotatable bonds is 7. The van der Waals surface area contributed by atoms with Crippen molar-refractivity contribution in [3.8, 4) is 5.75 Å². The van der Waals surface area contributed by atoms with Crippen LogP contribution in [0.2, 0.25) is 0 Å². The van der Waals surface area contributed by atoms with Gasteiger partial charge in [-0.3, -0.25) is 4.79 Å². The molecule has 2 aromatic rings. The number of amides is 1. The van der Waals surface area contributed by atoms with Gasteiger partial charge in [0, 0.05) is 11.5 Å². The lowest BCUT2D eigenvalue weighted by Crippen LogP contribution is -2.26. The van der Waals surface area contributed by atoms with Crippen LogP contribution in [-0.2, 0) is 11.4 Å². The molecule has 0 saturated carbocycles. The zero-order valence-corrected chi connectivity index (χ0v) is 16.3. The smallest absolute Gasteiger partial charge is 0.242 e. The van der Waals surface area contributed by atoms with Crippen LogP contribution in [0.25, 0.3) is 0 Å². The monoisotopic (exact) mass is 386 g/mol. The van der Waals surface area contributed by atoms with Gasteiger partial charge in [0.2, 0.25) is 5.91 Å². The van der Waals surface area contributed by atoms with Gasteiger partial charge < -0.3 is 4.74 Å². The summed E-state index contributed by atoms with van der Waals surface area (Å²) in [6.45, 7) is 2.64. The zero-order valence-electron chi connectivity index (χ0n) is 14.7. The number of nitrogens with zero attached hydrogens (tertiary/aromatic N) is 1. The third kappa shape index (κ3) is 5.81. The molecule has 0 aliphatic carbocycles. The van der Waals surface area contributed by atoms with E-state index in [1.807, 2.05) is 78.1 Å². The van der Waals surface area contributed by atoms with Crippen LogP contribution in [0.3, 0.4) is 0 Å². The molecule has 136 valence electrons. The molecule has 0 aromatic heterocycles. The lowest BCUT2D eigenvalue weighted by atomic mass is 10.2. The number of thioether (sulfide) groups is 2. The highest BCUT2D eigenvalue weighted by Gasteiger charge is 2.32. The van der Waals surface area contributed by atoms with Crippen molar-refractivity contribution in [1.82, 2.24) is 5.43 Å². The number of hydrazone groups is 1. The molecule has 26 heavy (non-hydrogen) atoms. The summed E-state index contributed by atoms with van der Waals surface area (Å²) >= 11 is 3.68. The fourth-order valence-corrected chi connectivity index (χ4v) is 5.42. The Morgan fingerprint density at radius 3 is 2.73 bits per heavy atom. The minimum Gasteiger partial charge on any atom is -0.489 e. The van der Waals surface area contributed by atoms with Gasteiger partial charge in [0.1, 0.15) is 12.4 Å². The molecule has 0 unspecified atom stereocenters. The third-order valence-electron chi connectivity index (χ3n) is 3.89. The van der Waals surface area contributed by atoms with E-state index < -0.39 is 0 Å². The maximum absolute atomic E-state index is 12.0. The highest BCUT2D eigenvalue weighted by molar-refractivity contribution is 8.21. The average Bonchev–Trinajstić information content (AvgIpc) is 3.07. The van der Waals surface area contributed by atoms with E-state index in [9.17, 15) is 4.79 Å². The number of ether oxygens (including phenoxy) is 1. The molecule has 2 aromatic carbocycles. The SMILES string of the molecule is CC1(CC(=O)N/N=C\c2cccc(OCc3ccccc3)c2)SCCS1. The number of hydrogen-bond acceptors (Lipinski definition) is 5. The number of carbonyl (C=O) groups is 1. The van der Waals surface area contributed by atoms with Crippen LogP contribution < -0.4 is 10.2 Å². The van der Waals surface area contributed by atoms with Crippen LogP contribution in [0.5, 0.6) is 5.75 Å². The summed E-state index contributed by atoms with van der Waals surface area (Å²) in [7, 11) is 0. The van der Waals surface area contributed by atoms with E-state index in [2.05, 4.69) is 17.5 Å². The van der Waals surface area contributed by atoms with Crippen molar-refractivity contribution in [3.63, 3.8) is 0 Å². The second-order valence-corrected chi connectivity index (χ2v) is 9.60. The maximum Gasteiger partial charge on any atom is 0.242 e. The first kappa shape index (κ1) is 18.9. The predicted octanol–water partition coefficient (Wildman–Crippen LogP) is 4.30. The molecule has 6 heteroatoms. The van der Waals surface area contributed by atoms with Crippen molar-refractivity contribution in [2.45, 2.75) is 24.0 Å². The Kier molecular flexibility index (Phi) is 6.63. The molecular formula is C20H22N2O2S2. The van der Waals surface area contributed by atoms with Crippen LogP contribution in [-0.4, -0.2) is 27.7 Å². The first-order chi connectivity index (χ1) is 12.6. The summed E-state index contributed by atoms with van der Waals surface area (Å²) in [4.78, 5) is 12.0. The topological polar surface area (TPSA) is 50.7 Å². The lowest BCUT2D eigenvalue weighted by Gasteiger charge is -2.19. The van der Waals surface area contributed by atoms with Crippen LogP contribution in [0.1, 0.15) is 24.5 Å². The molecule has 0 spiro atoms.